The van der Waals surface area contributed by atoms with Crippen LogP contribution in [0.4, 0.5) is 20.9 Å². The molecule has 1 unspecified atom stereocenters. The molecule has 170 valence electrons. The van der Waals surface area contributed by atoms with E-state index in [1.165, 1.54) is 30.0 Å². The average molecular weight is 486 g/mol. The van der Waals surface area contributed by atoms with Gasteiger partial charge in [0.15, 0.2) is 0 Å². The van der Waals surface area contributed by atoms with Crippen LogP contribution in [0.1, 0.15) is 22.8 Å². The Morgan fingerprint density at radius 2 is 1.82 bits per heavy atom. The SMILES string of the molecule is CC1Sc2ccc(C(=O)Nc3ccc(CNc4cccc(S(=O)(=O)F)c4)cc3)cc2NC1=O. The van der Waals surface area contributed by atoms with Gasteiger partial charge < -0.3 is 16.0 Å². The van der Waals surface area contributed by atoms with Gasteiger partial charge in [0.1, 0.15) is 4.90 Å². The molecule has 0 fully saturated rings. The highest BCUT2D eigenvalue weighted by Crippen LogP contribution is 2.36. The summed E-state index contributed by atoms with van der Waals surface area (Å²) in [5.74, 6) is -0.391. The maximum Gasteiger partial charge on any atom is 0.332 e. The number of halogens is 1. The summed E-state index contributed by atoms with van der Waals surface area (Å²) in [6, 6.07) is 17.8. The normalized spacial score (nSPS) is 15.3. The van der Waals surface area contributed by atoms with Crippen molar-refractivity contribution < 1.29 is 21.9 Å². The van der Waals surface area contributed by atoms with E-state index < -0.39 is 15.1 Å². The standard InChI is InChI=1S/C23H20FN3O4S2/c1-14-22(28)27-20-11-16(7-10-21(20)32-14)23(29)26-17-8-5-15(6-9-17)13-25-18-3-2-4-19(12-18)33(24,30)31/h2-12,14,25H,13H2,1H3,(H,26,29)(H,27,28). The van der Waals surface area contributed by atoms with Gasteiger partial charge in [-0.2, -0.15) is 8.42 Å². The van der Waals surface area contributed by atoms with Gasteiger partial charge in [0.25, 0.3) is 5.91 Å². The lowest BCUT2D eigenvalue weighted by atomic mass is 10.1. The maximum absolute atomic E-state index is 13.1. The molecule has 33 heavy (non-hydrogen) atoms. The molecule has 7 nitrogen and oxygen atoms in total. The fourth-order valence-corrected chi connectivity index (χ4v) is 4.66. The number of hydrogen-bond acceptors (Lipinski definition) is 6. The van der Waals surface area contributed by atoms with Crippen LogP contribution in [0.3, 0.4) is 0 Å². The van der Waals surface area contributed by atoms with Gasteiger partial charge in [-0.1, -0.05) is 18.2 Å². The van der Waals surface area contributed by atoms with E-state index in [4.69, 9.17) is 0 Å². The highest BCUT2D eigenvalue weighted by atomic mass is 32.3. The van der Waals surface area contributed by atoms with Crippen LogP contribution in [0.2, 0.25) is 0 Å². The lowest BCUT2D eigenvalue weighted by Crippen LogP contribution is -2.26. The summed E-state index contributed by atoms with van der Waals surface area (Å²) >= 11 is 1.45. The molecule has 0 saturated heterocycles. The Labute approximate surface area is 195 Å². The molecular formula is C23H20FN3O4S2. The van der Waals surface area contributed by atoms with Crippen molar-refractivity contribution in [3.05, 3.63) is 77.9 Å². The van der Waals surface area contributed by atoms with Crippen molar-refractivity contribution in [3.63, 3.8) is 0 Å². The van der Waals surface area contributed by atoms with Crippen LogP contribution in [0.5, 0.6) is 0 Å². The quantitative estimate of drug-likeness (QED) is 0.440. The summed E-state index contributed by atoms with van der Waals surface area (Å²) < 4.78 is 35.2. The summed E-state index contributed by atoms with van der Waals surface area (Å²) in [7, 11) is -4.76. The monoisotopic (exact) mass is 485 g/mol. The Hall–Kier alpha value is -3.37. The molecule has 1 atom stereocenters. The highest BCUT2D eigenvalue weighted by molar-refractivity contribution is 8.01. The Morgan fingerprint density at radius 1 is 1.06 bits per heavy atom. The van der Waals surface area contributed by atoms with E-state index in [-0.39, 0.29) is 17.1 Å². The van der Waals surface area contributed by atoms with Crippen LogP contribution in [-0.4, -0.2) is 25.5 Å². The van der Waals surface area contributed by atoms with Gasteiger partial charge in [0, 0.05) is 28.4 Å². The Morgan fingerprint density at radius 3 is 2.55 bits per heavy atom. The lowest BCUT2D eigenvalue weighted by molar-refractivity contribution is -0.115. The zero-order chi connectivity index (χ0) is 23.6. The number of rotatable bonds is 6. The van der Waals surface area contributed by atoms with E-state index in [9.17, 15) is 21.9 Å². The molecular weight excluding hydrogens is 465 g/mol. The van der Waals surface area contributed by atoms with Crippen molar-refractivity contribution in [1.29, 1.82) is 0 Å². The molecule has 2 amide bonds. The summed E-state index contributed by atoms with van der Waals surface area (Å²) in [5, 5.41) is 8.50. The molecule has 1 heterocycles. The van der Waals surface area contributed by atoms with Crippen LogP contribution in [0, 0.1) is 0 Å². The fourth-order valence-electron chi connectivity index (χ4n) is 3.22. The second kappa shape index (κ2) is 9.24. The fraction of sp³-hybridized carbons (Fsp3) is 0.130. The molecule has 1 aliphatic rings. The summed E-state index contributed by atoms with van der Waals surface area (Å²) in [6.07, 6.45) is 0. The van der Waals surface area contributed by atoms with Crippen molar-refractivity contribution in [2.24, 2.45) is 0 Å². The summed E-state index contributed by atoms with van der Waals surface area (Å²) in [5.41, 5.74) is 3.00. The molecule has 0 bridgehead atoms. The van der Waals surface area contributed by atoms with E-state index in [1.54, 1.807) is 30.3 Å². The van der Waals surface area contributed by atoms with Crippen molar-refractivity contribution in [3.8, 4) is 0 Å². The first kappa shape index (κ1) is 22.8. The van der Waals surface area contributed by atoms with Crippen LogP contribution < -0.4 is 16.0 Å². The van der Waals surface area contributed by atoms with E-state index in [1.807, 2.05) is 25.1 Å². The first-order chi connectivity index (χ1) is 15.7. The minimum atomic E-state index is -4.76. The zero-order valence-electron chi connectivity index (χ0n) is 17.5. The Bertz CT molecular complexity index is 1330. The van der Waals surface area contributed by atoms with E-state index in [0.717, 1.165) is 10.5 Å². The minimum absolute atomic E-state index is 0.0905. The number of fused-ring (bicyclic) bond motifs is 1. The third kappa shape index (κ3) is 5.52. The minimum Gasteiger partial charge on any atom is -0.381 e. The number of nitrogens with one attached hydrogen (secondary N) is 3. The third-order valence-electron chi connectivity index (χ3n) is 5.00. The van der Waals surface area contributed by atoms with E-state index in [2.05, 4.69) is 16.0 Å². The second-order valence-electron chi connectivity index (χ2n) is 7.43. The average Bonchev–Trinajstić information content (AvgIpc) is 2.79. The van der Waals surface area contributed by atoms with Crippen molar-refractivity contribution in [1.82, 2.24) is 0 Å². The topological polar surface area (TPSA) is 104 Å². The molecule has 0 saturated carbocycles. The Balaban J connectivity index is 1.38. The van der Waals surface area contributed by atoms with Gasteiger partial charge in [-0.3, -0.25) is 9.59 Å². The molecule has 10 heteroatoms. The number of benzene rings is 3. The molecule has 0 aromatic heterocycles. The van der Waals surface area contributed by atoms with Crippen LogP contribution in [-0.2, 0) is 21.6 Å². The molecule has 3 N–H and O–H groups in total. The first-order valence-corrected chi connectivity index (χ1v) is 12.3. The number of hydrogen-bond donors (Lipinski definition) is 3. The summed E-state index contributed by atoms with van der Waals surface area (Å²) in [6.45, 7) is 2.21. The molecule has 1 aliphatic heterocycles. The predicted molar refractivity (Wildman–Crippen MR) is 127 cm³/mol. The largest absolute Gasteiger partial charge is 0.381 e. The zero-order valence-corrected chi connectivity index (χ0v) is 19.1. The van der Waals surface area contributed by atoms with Crippen molar-refractivity contribution in [2.75, 3.05) is 16.0 Å². The number of carbonyl (C=O) groups is 2. The van der Waals surface area contributed by atoms with Crippen molar-refractivity contribution in [2.45, 2.75) is 28.5 Å². The van der Waals surface area contributed by atoms with Gasteiger partial charge in [-0.25, -0.2) is 0 Å². The Kier molecular flexibility index (Phi) is 6.39. The van der Waals surface area contributed by atoms with Gasteiger partial charge in [-0.15, -0.1) is 15.6 Å². The number of anilines is 3. The third-order valence-corrected chi connectivity index (χ3v) is 6.99. The van der Waals surface area contributed by atoms with Crippen molar-refractivity contribution >= 4 is 50.9 Å². The molecule has 0 spiro atoms. The summed E-state index contributed by atoms with van der Waals surface area (Å²) in [4.78, 5) is 25.0. The second-order valence-corrected chi connectivity index (χ2v) is 10.2. The van der Waals surface area contributed by atoms with Crippen LogP contribution >= 0.6 is 11.8 Å². The van der Waals surface area contributed by atoms with Crippen LogP contribution in [0.25, 0.3) is 0 Å². The molecule has 3 aromatic carbocycles. The maximum atomic E-state index is 13.1. The highest BCUT2D eigenvalue weighted by Gasteiger charge is 2.23. The molecule has 4 rings (SSSR count). The molecule has 3 aromatic rings. The van der Waals surface area contributed by atoms with Gasteiger partial charge in [-0.05, 0) is 61.0 Å². The molecule has 0 aliphatic carbocycles. The predicted octanol–water partition coefficient (Wildman–Crippen LogP) is 4.64. The smallest absolute Gasteiger partial charge is 0.332 e. The molecule has 0 radical (unpaired) electrons. The number of carbonyl (C=O) groups excluding carboxylic acids is 2. The van der Waals surface area contributed by atoms with Gasteiger partial charge in [0.05, 0.1) is 10.9 Å². The van der Waals surface area contributed by atoms with E-state index in [0.29, 0.717) is 29.2 Å². The van der Waals surface area contributed by atoms with E-state index >= 15 is 0 Å². The lowest BCUT2D eigenvalue weighted by Gasteiger charge is -2.21. The first-order valence-electron chi connectivity index (χ1n) is 9.99. The number of amides is 2. The number of thioether (sulfide) groups is 1. The van der Waals surface area contributed by atoms with Gasteiger partial charge >= 0.3 is 10.2 Å². The van der Waals surface area contributed by atoms with Gasteiger partial charge in [0.2, 0.25) is 5.91 Å². The van der Waals surface area contributed by atoms with Crippen LogP contribution in [0.15, 0.2) is 76.5 Å².